The largest absolute Gasteiger partial charge is 0.454 e. The predicted octanol–water partition coefficient (Wildman–Crippen LogP) is 6.71. The number of rotatable bonds is 8. The number of nitro groups is 1. The number of amides is 2. The highest BCUT2D eigenvalue weighted by Gasteiger charge is 2.61. The Morgan fingerprint density at radius 1 is 1.00 bits per heavy atom. The number of carbonyl (C=O) groups is 4. The number of aromatic nitrogens is 1. The molecule has 232 valence electrons. The minimum Gasteiger partial charge on any atom is -0.454 e. The molecule has 11 heteroatoms. The van der Waals surface area contributed by atoms with Crippen molar-refractivity contribution in [3.05, 3.63) is 98.0 Å². The number of hydrogen-bond acceptors (Lipinski definition) is 8. The first kappa shape index (κ1) is 29.9. The summed E-state index contributed by atoms with van der Waals surface area (Å²) in [7, 11) is 0. The van der Waals surface area contributed by atoms with E-state index in [0.717, 1.165) is 35.4 Å². The second kappa shape index (κ2) is 11.5. The highest BCUT2D eigenvalue weighted by molar-refractivity contribution is 9.10. The molecule has 0 spiro atoms. The Balaban J connectivity index is 1.19. The lowest BCUT2D eigenvalue weighted by Crippen LogP contribution is -2.32. The van der Waals surface area contributed by atoms with Crippen LogP contribution >= 0.6 is 15.9 Å². The first-order valence-corrected chi connectivity index (χ1v) is 16.0. The molecule has 2 bridgehead atoms. The number of pyridine rings is 1. The summed E-state index contributed by atoms with van der Waals surface area (Å²) < 4.78 is 6.19. The number of imide groups is 1. The minimum atomic E-state index is -0.751. The van der Waals surface area contributed by atoms with Crippen LogP contribution in [-0.4, -0.2) is 40.1 Å². The topological polar surface area (TPSA) is 137 Å². The maximum Gasteiger partial charge on any atom is 0.339 e. The molecule has 2 amide bonds. The Morgan fingerprint density at radius 3 is 2.35 bits per heavy atom. The van der Waals surface area contributed by atoms with E-state index in [0.29, 0.717) is 46.1 Å². The maximum atomic E-state index is 13.5. The van der Waals surface area contributed by atoms with Gasteiger partial charge in [0, 0.05) is 33.1 Å². The van der Waals surface area contributed by atoms with Gasteiger partial charge in [-0.2, -0.15) is 0 Å². The van der Waals surface area contributed by atoms with Crippen LogP contribution in [0.25, 0.3) is 22.2 Å². The van der Waals surface area contributed by atoms with Crippen molar-refractivity contribution >= 4 is 61.8 Å². The maximum absolute atomic E-state index is 13.5. The number of aryl methyl sites for hydroxylation is 1. The van der Waals surface area contributed by atoms with Gasteiger partial charge < -0.3 is 4.74 Å². The third-order valence-electron chi connectivity index (χ3n) is 9.62. The fraction of sp³-hybridized carbons (Fsp3) is 0.286. The quantitative estimate of drug-likeness (QED) is 0.0658. The molecule has 2 heterocycles. The molecule has 3 aliphatic rings. The van der Waals surface area contributed by atoms with Gasteiger partial charge in [-0.1, -0.05) is 47.1 Å². The molecule has 3 fully saturated rings. The van der Waals surface area contributed by atoms with Gasteiger partial charge in [0.05, 0.1) is 39.2 Å². The Kier molecular flexibility index (Phi) is 7.51. The molecule has 4 atom stereocenters. The van der Waals surface area contributed by atoms with Crippen molar-refractivity contribution in [2.24, 2.45) is 23.7 Å². The molecule has 0 N–H and O–H groups in total. The summed E-state index contributed by atoms with van der Waals surface area (Å²) in [5.74, 6) is -1.38. The summed E-state index contributed by atoms with van der Waals surface area (Å²) in [5.41, 5.74) is 3.16. The van der Waals surface area contributed by atoms with Crippen molar-refractivity contribution in [1.82, 2.24) is 4.98 Å². The van der Waals surface area contributed by atoms with Crippen LogP contribution in [0.15, 0.2) is 71.2 Å². The molecule has 1 aromatic heterocycles. The van der Waals surface area contributed by atoms with E-state index < -0.39 is 23.3 Å². The molecule has 2 saturated carbocycles. The van der Waals surface area contributed by atoms with Crippen molar-refractivity contribution in [2.45, 2.75) is 32.6 Å². The standard InChI is InChI=1S/C35H28BrN3O7/c1-2-18-13-23(36)15-26-27(35(43)46-17-29(40)20-4-3-5-25(14-20)39(44)45)16-28(37-32(18)26)19-8-10-24(11-9-19)38-33(41)30-21-6-7-22(12-21)31(30)34(38)42/h3-5,8-11,13-16,21-22,30-31H,2,6-7,12,17H2,1H3. The van der Waals surface area contributed by atoms with Crippen LogP contribution in [0.4, 0.5) is 11.4 Å². The zero-order valence-corrected chi connectivity index (χ0v) is 26.4. The number of fused-ring (bicyclic) bond motifs is 6. The second-order valence-electron chi connectivity index (χ2n) is 12.1. The van der Waals surface area contributed by atoms with Crippen LogP contribution in [0.5, 0.6) is 0 Å². The molecule has 46 heavy (non-hydrogen) atoms. The molecule has 1 aliphatic heterocycles. The zero-order chi connectivity index (χ0) is 32.3. The number of nitro benzene ring substituents is 1. The number of carbonyl (C=O) groups excluding carboxylic acids is 4. The van der Waals surface area contributed by atoms with Crippen molar-refractivity contribution < 1.29 is 28.8 Å². The summed E-state index contributed by atoms with van der Waals surface area (Å²) in [6.45, 7) is 1.37. The Bertz CT molecular complexity index is 1950. The number of hydrogen-bond donors (Lipinski definition) is 0. The molecular formula is C35H28BrN3O7. The Morgan fingerprint density at radius 2 is 1.70 bits per heavy atom. The molecule has 1 saturated heterocycles. The smallest absolute Gasteiger partial charge is 0.339 e. The van der Waals surface area contributed by atoms with Gasteiger partial charge in [0.2, 0.25) is 17.6 Å². The molecule has 4 aromatic rings. The van der Waals surface area contributed by atoms with Crippen molar-refractivity contribution in [1.29, 1.82) is 0 Å². The lowest BCUT2D eigenvalue weighted by Gasteiger charge is -2.19. The average molecular weight is 683 g/mol. The number of ketones is 1. The summed E-state index contributed by atoms with van der Waals surface area (Å²) in [6.07, 6.45) is 3.62. The highest BCUT2D eigenvalue weighted by atomic mass is 79.9. The zero-order valence-electron chi connectivity index (χ0n) is 24.8. The summed E-state index contributed by atoms with van der Waals surface area (Å²) in [5, 5.41) is 11.7. The lowest BCUT2D eigenvalue weighted by molar-refractivity contribution is -0.384. The van der Waals surface area contributed by atoms with Gasteiger partial charge in [-0.05, 0) is 73.4 Å². The monoisotopic (exact) mass is 681 g/mol. The fourth-order valence-electron chi connectivity index (χ4n) is 7.48. The van der Waals surface area contributed by atoms with E-state index in [9.17, 15) is 29.3 Å². The molecule has 4 unspecified atom stereocenters. The van der Waals surface area contributed by atoms with Crippen LogP contribution in [0.2, 0.25) is 0 Å². The van der Waals surface area contributed by atoms with Gasteiger partial charge in [-0.15, -0.1) is 0 Å². The van der Waals surface area contributed by atoms with Gasteiger partial charge in [0.1, 0.15) is 0 Å². The lowest BCUT2D eigenvalue weighted by atomic mass is 9.81. The van der Waals surface area contributed by atoms with E-state index in [1.807, 2.05) is 13.0 Å². The van der Waals surface area contributed by atoms with Gasteiger partial charge >= 0.3 is 5.97 Å². The van der Waals surface area contributed by atoms with Gasteiger partial charge in [-0.3, -0.25) is 29.4 Å². The number of non-ortho nitro benzene ring substituents is 1. The van der Waals surface area contributed by atoms with Gasteiger partial charge in [0.15, 0.2) is 6.61 Å². The van der Waals surface area contributed by atoms with Crippen LogP contribution < -0.4 is 4.90 Å². The molecule has 10 nitrogen and oxygen atoms in total. The summed E-state index contributed by atoms with van der Waals surface area (Å²) in [6, 6.07) is 17.6. The van der Waals surface area contributed by atoms with E-state index in [1.165, 1.54) is 23.1 Å². The second-order valence-corrected chi connectivity index (χ2v) is 13.0. The number of esters is 1. The van der Waals surface area contributed by atoms with Crippen LogP contribution in [0.1, 0.15) is 52.5 Å². The minimum absolute atomic E-state index is 0.0598. The molecule has 7 rings (SSSR count). The van der Waals surface area contributed by atoms with Crippen LogP contribution in [0, 0.1) is 33.8 Å². The van der Waals surface area contributed by atoms with Crippen LogP contribution in [-0.2, 0) is 20.7 Å². The molecule has 0 radical (unpaired) electrons. The van der Waals surface area contributed by atoms with Crippen LogP contribution in [0.3, 0.4) is 0 Å². The first-order chi connectivity index (χ1) is 22.1. The summed E-state index contributed by atoms with van der Waals surface area (Å²) in [4.78, 5) is 69.7. The Labute approximate surface area is 272 Å². The Hall–Kier alpha value is -4.77. The van der Waals surface area contributed by atoms with Crippen molar-refractivity contribution in [2.75, 3.05) is 11.5 Å². The highest BCUT2D eigenvalue weighted by Crippen LogP contribution is 2.56. The predicted molar refractivity (Wildman–Crippen MR) is 172 cm³/mol. The third-order valence-corrected chi connectivity index (χ3v) is 10.1. The molecule has 2 aliphatic carbocycles. The number of ether oxygens (including phenoxy) is 1. The number of nitrogens with zero attached hydrogens (tertiary/aromatic N) is 3. The van der Waals surface area contributed by atoms with E-state index in [2.05, 4.69) is 15.9 Å². The number of Topliss-reactive ketones (excluding diaryl/α,β-unsaturated/α-hetero) is 1. The van der Waals surface area contributed by atoms with E-state index in [-0.39, 0.29) is 40.5 Å². The van der Waals surface area contributed by atoms with E-state index >= 15 is 0 Å². The van der Waals surface area contributed by atoms with Gasteiger partial charge in [0.25, 0.3) is 5.69 Å². The normalized spacial score (nSPS) is 21.6. The molecular weight excluding hydrogens is 654 g/mol. The molecule has 3 aromatic carbocycles. The fourth-order valence-corrected chi connectivity index (χ4v) is 7.98. The number of benzene rings is 3. The van der Waals surface area contributed by atoms with Gasteiger partial charge in [-0.25, -0.2) is 9.78 Å². The number of halogens is 1. The van der Waals surface area contributed by atoms with Crippen molar-refractivity contribution in [3.8, 4) is 11.3 Å². The number of anilines is 1. The van der Waals surface area contributed by atoms with E-state index in [1.54, 1.807) is 36.4 Å². The van der Waals surface area contributed by atoms with Crippen molar-refractivity contribution in [3.63, 3.8) is 0 Å². The third kappa shape index (κ3) is 4.99. The summed E-state index contributed by atoms with van der Waals surface area (Å²) >= 11 is 3.51. The van der Waals surface area contributed by atoms with E-state index in [4.69, 9.17) is 9.72 Å². The SMILES string of the molecule is CCc1cc(Br)cc2c(C(=O)OCC(=O)c3cccc([N+](=O)[O-])c3)cc(-c3ccc(N4C(=O)C5C6CCC(C6)C5C4=O)cc3)nc12. The average Bonchev–Trinajstić information content (AvgIpc) is 3.76. The first-order valence-electron chi connectivity index (χ1n) is 15.2.